The van der Waals surface area contributed by atoms with Crippen molar-refractivity contribution in [2.45, 2.75) is 33.7 Å². The molecule has 1 unspecified atom stereocenters. The lowest BCUT2D eigenvalue weighted by Gasteiger charge is -2.33. The molecular weight excluding hydrogens is 234 g/mol. The van der Waals surface area contributed by atoms with Crippen molar-refractivity contribution in [3.63, 3.8) is 0 Å². The van der Waals surface area contributed by atoms with Crippen molar-refractivity contribution in [3.8, 4) is 0 Å². The van der Waals surface area contributed by atoms with Crippen LogP contribution in [-0.4, -0.2) is 43.7 Å². The van der Waals surface area contributed by atoms with E-state index in [0.717, 1.165) is 32.7 Å². The van der Waals surface area contributed by atoms with Gasteiger partial charge in [0.1, 0.15) is 0 Å². The lowest BCUT2D eigenvalue weighted by Crippen LogP contribution is -2.49. The first-order chi connectivity index (χ1) is 9.09. The van der Waals surface area contributed by atoms with E-state index >= 15 is 0 Å². The highest BCUT2D eigenvalue weighted by atomic mass is 15.2. The molecule has 3 heteroatoms. The summed E-state index contributed by atoms with van der Waals surface area (Å²) in [5.41, 5.74) is 5.44. The summed E-state index contributed by atoms with van der Waals surface area (Å²) in [6, 6.07) is 5.01. The van der Waals surface area contributed by atoms with E-state index in [4.69, 9.17) is 0 Å². The number of rotatable bonds is 4. The Morgan fingerprint density at radius 2 is 1.84 bits per heavy atom. The molecule has 0 spiro atoms. The minimum Gasteiger partial charge on any atom is -0.383 e. The quantitative estimate of drug-likeness (QED) is 0.871. The molecule has 2 N–H and O–H groups in total. The Labute approximate surface area is 117 Å². The second-order valence-electron chi connectivity index (χ2n) is 5.70. The van der Waals surface area contributed by atoms with E-state index in [0.29, 0.717) is 6.04 Å². The average Bonchev–Trinajstić information content (AvgIpc) is 2.45. The van der Waals surface area contributed by atoms with E-state index in [2.05, 4.69) is 55.4 Å². The van der Waals surface area contributed by atoms with Crippen LogP contribution in [-0.2, 0) is 0 Å². The third kappa shape index (κ3) is 3.48. The van der Waals surface area contributed by atoms with E-state index < -0.39 is 0 Å². The van der Waals surface area contributed by atoms with Crippen LogP contribution in [0.5, 0.6) is 0 Å². The normalized spacial score (nSPS) is 18.3. The molecule has 19 heavy (non-hydrogen) atoms. The molecule has 2 rings (SSSR count). The van der Waals surface area contributed by atoms with Gasteiger partial charge in [0.2, 0.25) is 0 Å². The summed E-state index contributed by atoms with van der Waals surface area (Å²) < 4.78 is 0. The monoisotopic (exact) mass is 261 g/mol. The van der Waals surface area contributed by atoms with E-state index in [1.807, 2.05) is 0 Å². The van der Waals surface area contributed by atoms with E-state index in [9.17, 15) is 0 Å². The van der Waals surface area contributed by atoms with Gasteiger partial charge in [-0.3, -0.25) is 4.90 Å². The van der Waals surface area contributed by atoms with E-state index in [1.54, 1.807) is 0 Å². The molecule has 3 nitrogen and oxygen atoms in total. The molecule has 1 aliphatic rings. The number of anilines is 1. The zero-order chi connectivity index (χ0) is 13.8. The largest absolute Gasteiger partial charge is 0.383 e. The summed E-state index contributed by atoms with van der Waals surface area (Å²) in [6.07, 6.45) is 0. The van der Waals surface area contributed by atoms with Crippen LogP contribution in [0.15, 0.2) is 12.1 Å². The van der Waals surface area contributed by atoms with Crippen LogP contribution in [0.1, 0.15) is 23.6 Å². The van der Waals surface area contributed by atoms with Crippen LogP contribution in [0.4, 0.5) is 5.69 Å². The summed E-state index contributed by atoms with van der Waals surface area (Å²) in [5, 5.41) is 7.02. The van der Waals surface area contributed by atoms with Crippen molar-refractivity contribution in [1.29, 1.82) is 0 Å². The van der Waals surface area contributed by atoms with Gasteiger partial charge in [-0.15, -0.1) is 0 Å². The van der Waals surface area contributed by atoms with Gasteiger partial charge in [-0.05, 0) is 50.5 Å². The van der Waals surface area contributed by atoms with Crippen molar-refractivity contribution in [2.24, 2.45) is 0 Å². The molecule has 0 saturated carbocycles. The van der Waals surface area contributed by atoms with Crippen LogP contribution in [0.2, 0.25) is 0 Å². The molecule has 0 bridgehead atoms. The number of nitrogens with zero attached hydrogens (tertiary/aromatic N) is 1. The fourth-order valence-corrected chi connectivity index (χ4v) is 2.66. The SMILES string of the molecule is Cc1ccc(NCC(C)N2CCNCC2)c(C)c1C. The molecule has 1 aliphatic heterocycles. The standard InChI is InChI=1S/C16H27N3/c1-12-5-6-16(15(4)14(12)3)18-11-13(2)19-9-7-17-8-10-19/h5-6,13,17-18H,7-11H2,1-4H3. The number of hydrogen-bond acceptors (Lipinski definition) is 3. The van der Waals surface area contributed by atoms with Gasteiger partial charge < -0.3 is 10.6 Å². The zero-order valence-electron chi connectivity index (χ0n) is 12.7. The van der Waals surface area contributed by atoms with Gasteiger partial charge in [0.15, 0.2) is 0 Å². The molecule has 1 saturated heterocycles. The fraction of sp³-hybridized carbons (Fsp3) is 0.625. The highest BCUT2D eigenvalue weighted by molar-refractivity contribution is 5.56. The predicted molar refractivity (Wildman–Crippen MR) is 83.0 cm³/mol. The van der Waals surface area contributed by atoms with Crippen molar-refractivity contribution in [2.75, 3.05) is 38.0 Å². The molecule has 1 atom stereocenters. The Bertz CT molecular complexity index is 422. The lowest BCUT2D eigenvalue weighted by atomic mass is 10.0. The molecular formula is C16H27N3. The maximum Gasteiger partial charge on any atom is 0.0373 e. The molecule has 1 aromatic carbocycles. The summed E-state index contributed by atoms with van der Waals surface area (Å²) in [7, 11) is 0. The Hall–Kier alpha value is -1.06. The first-order valence-corrected chi connectivity index (χ1v) is 7.35. The Balaban J connectivity index is 1.93. The summed E-state index contributed by atoms with van der Waals surface area (Å²) in [6.45, 7) is 14.5. The average molecular weight is 261 g/mol. The molecule has 1 aromatic rings. The fourth-order valence-electron chi connectivity index (χ4n) is 2.66. The van der Waals surface area contributed by atoms with E-state index in [-0.39, 0.29) is 0 Å². The summed E-state index contributed by atoms with van der Waals surface area (Å²) in [5.74, 6) is 0. The number of benzene rings is 1. The number of hydrogen-bond donors (Lipinski definition) is 2. The number of aryl methyl sites for hydroxylation is 1. The van der Waals surface area contributed by atoms with E-state index in [1.165, 1.54) is 22.4 Å². The van der Waals surface area contributed by atoms with Crippen LogP contribution in [0, 0.1) is 20.8 Å². The number of nitrogens with one attached hydrogen (secondary N) is 2. The molecule has 1 heterocycles. The molecule has 0 aromatic heterocycles. The molecule has 0 radical (unpaired) electrons. The molecule has 0 aliphatic carbocycles. The van der Waals surface area contributed by atoms with Gasteiger partial charge in [0.25, 0.3) is 0 Å². The third-order valence-corrected chi connectivity index (χ3v) is 4.42. The summed E-state index contributed by atoms with van der Waals surface area (Å²) >= 11 is 0. The smallest absolute Gasteiger partial charge is 0.0373 e. The van der Waals surface area contributed by atoms with Gasteiger partial charge in [0, 0.05) is 44.5 Å². The van der Waals surface area contributed by atoms with Crippen molar-refractivity contribution in [3.05, 3.63) is 28.8 Å². The molecule has 0 amide bonds. The summed E-state index contributed by atoms with van der Waals surface area (Å²) in [4.78, 5) is 2.56. The van der Waals surface area contributed by atoms with Crippen LogP contribution in [0.25, 0.3) is 0 Å². The van der Waals surface area contributed by atoms with Crippen molar-refractivity contribution >= 4 is 5.69 Å². The van der Waals surface area contributed by atoms with Crippen molar-refractivity contribution in [1.82, 2.24) is 10.2 Å². The highest BCUT2D eigenvalue weighted by Gasteiger charge is 2.16. The van der Waals surface area contributed by atoms with Gasteiger partial charge in [-0.25, -0.2) is 0 Å². The Kier molecular flexibility index (Phi) is 4.83. The van der Waals surface area contributed by atoms with Gasteiger partial charge in [-0.2, -0.15) is 0 Å². The first kappa shape index (κ1) is 14.4. The number of piperazine rings is 1. The lowest BCUT2D eigenvalue weighted by molar-refractivity contribution is 0.191. The zero-order valence-corrected chi connectivity index (χ0v) is 12.7. The Morgan fingerprint density at radius 1 is 1.16 bits per heavy atom. The first-order valence-electron chi connectivity index (χ1n) is 7.35. The minimum absolute atomic E-state index is 0.586. The van der Waals surface area contributed by atoms with Crippen LogP contribution in [0.3, 0.4) is 0 Å². The van der Waals surface area contributed by atoms with Gasteiger partial charge in [0.05, 0.1) is 0 Å². The van der Waals surface area contributed by atoms with Gasteiger partial charge in [-0.1, -0.05) is 6.07 Å². The van der Waals surface area contributed by atoms with Gasteiger partial charge >= 0.3 is 0 Å². The van der Waals surface area contributed by atoms with Crippen LogP contribution >= 0.6 is 0 Å². The maximum atomic E-state index is 3.62. The molecule has 1 fully saturated rings. The topological polar surface area (TPSA) is 27.3 Å². The molecule has 106 valence electrons. The predicted octanol–water partition coefficient (Wildman–Crippen LogP) is 2.32. The second-order valence-corrected chi connectivity index (χ2v) is 5.70. The second kappa shape index (κ2) is 6.40. The third-order valence-electron chi connectivity index (χ3n) is 4.42. The van der Waals surface area contributed by atoms with Crippen LogP contribution < -0.4 is 10.6 Å². The minimum atomic E-state index is 0.586. The highest BCUT2D eigenvalue weighted by Crippen LogP contribution is 2.21. The van der Waals surface area contributed by atoms with Crippen molar-refractivity contribution < 1.29 is 0 Å². The Morgan fingerprint density at radius 3 is 2.53 bits per heavy atom. The maximum absolute atomic E-state index is 3.62.